The van der Waals surface area contributed by atoms with Gasteiger partial charge in [-0.15, -0.1) is 0 Å². The molecule has 0 fully saturated rings. The van der Waals surface area contributed by atoms with E-state index in [4.69, 9.17) is 16.3 Å². The van der Waals surface area contributed by atoms with Crippen molar-refractivity contribution in [3.05, 3.63) is 58.9 Å². The normalized spacial score (nSPS) is 10.3. The second-order valence-corrected chi connectivity index (χ2v) is 4.45. The Morgan fingerprint density at radius 2 is 1.86 bits per heavy atom. The first-order valence-electron chi connectivity index (χ1n) is 5.78. The molecule has 0 aliphatic heterocycles. The largest absolute Gasteiger partial charge is 0.481 e. The lowest BCUT2D eigenvalue weighted by Gasteiger charge is -2.08. The zero-order valence-electron chi connectivity index (χ0n) is 10.5. The van der Waals surface area contributed by atoms with Crippen molar-refractivity contribution >= 4 is 23.2 Å². The second kappa shape index (κ2) is 6.49. The summed E-state index contributed by atoms with van der Waals surface area (Å²) in [5.41, 5.74) is 0.273. The van der Waals surface area contributed by atoms with Crippen molar-refractivity contribution in [1.29, 1.82) is 0 Å². The molecule has 0 bridgehead atoms. The summed E-state index contributed by atoms with van der Waals surface area (Å²) >= 11 is 5.56. The van der Waals surface area contributed by atoms with E-state index in [9.17, 15) is 18.0 Å². The molecule has 0 atom stereocenters. The number of anilines is 1. The fourth-order valence-electron chi connectivity index (χ4n) is 1.51. The van der Waals surface area contributed by atoms with Gasteiger partial charge in [-0.25, -0.2) is 13.2 Å². The summed E-state index contributed by atoms with van der Waals surface area (Å²) in [4.78, 5) is 11.6. The Balaban J connectivity index is 1.94. The molecule has 110 valence electrons. The number of nitrogens with one attached hydrogen (secondary N) is 1. The number of hydrogen-bond donors (Lipinski definition) is 1. The molecule has 0 aliphatic carbocycles. The summed E-state index contributed by atoms with van der Waals surface area (Å²) < 4.78 is 43.8. The zero-order chi connectivity index (χ0) is 15.4. The average molecular weight is 316 g/mol. The summed E-state index contributed by atoms with van der Waals surface area (Å²) in [6.07, 6.45) is 0. The Morgan fingerprint density at radius 1 is 1.10 bits per heavy atom. The molecule has 0 saturated carbocycles. The van der Waals surface area contributed by atoms with E-state index < -0.39 is 30.0 Å². The Morgan fingerprint density at radius 3 is 2.52 bits per heavy atom. The van der Waals surface area contributed by atoms with Gasteiger partial charge in [0.1, 0.15) is 11.6 Å². The fourth-order valence-corrected chi connectivity index (χ4v) is 1.69. The molecule has 0 spiro atoms. The highest BCUT2D eigenvalue weighted by Crippen LogP contribution is 2.20. The smallest absolute Gasteiger partial charge is 0.262 e. The van der Waals surface area contributed by atoms with Crippen molar-refractivity contribution in [3.8, 4) is 5.75 Å². The van der Waals surface area contributed by atoms with Crippen LogP contribution in [0.2, 0.25) is 5.02 Å². The van der Waals surface area contributed by atoms with E-state index in [1.54, 1.807) is 0 Å². The number of carbonyl (C=O) groups excluding carboxylic acids is 1. The Hall–Kier alpha value is -2.21. The molecule has 0 heterocycles. The predicted molar refractivity (Wildman–Crippen MR) is 71.9 cm³/mol. The van der Waals surface area contributed by atoms with Crippen LogP contribution in [-0.4, -0.2) is 12.5 Å². The average Bonchev–Trinajstić information content (AvgIpc) is 2.42. The molecule has 1 N–H and O–H groups in total. The van der Waals surface area contributed by atoms with Crippen LogP contribution in [0, 0.1) is 17.5 Å². The van der Waals surface area contributed by atoms with Gasteiger partial charge < -0.3 is 10.1 Å². The quantitative estimate of drug-likeness (QED) is 0.932. The lowest BCUT2D eigenvalue weighted by atomic mass is 10.3. The third-order valence-electron chi connectivity index (χ3n) is 2.46. The Bertz CT molecular complexity index is 679. The summed E-state index contributed by atoms with van der Waals surface area (Å²) in [5, 5.41) is 2.26. The van der Waals surface area contributed by atoms with Crippen molar-refractivity contribution in [2.75, 3.05) is 11.9 Å². The molecule has 0 radical (unpaired) electrons. The minimum atomic E-state index is -0.910. The minimum absolute atomic E-state index is 0.140. The predicted octanol–water partition coefficient (Wildman–Crippen LogP) is 3.77. The molecule has 0 aliphatic rings. The van der Waals surface area contributed by atoms with Gasteiger partial charge in [-0.2, -0.15) is 0 Å². The van der Waals surface area contributed by atoms with Crippen LogP contribution in [-0.2, 0) is 4.79 Å². The van der Waals surface area contributed by atoms with Gasteiger partial charge in [0, 0.05) is 11.8 Å². The molecule has 2 rings (SSSR count). The van der Waals surface area contributed by atoms with Crippen LogP contribution in [0.15, 0.2) is 36.4 Å². The summed E-state index contributed by atoms with van der Waals surface area (Å²) in [7, 11) is 0. The first-order valence-corrected chi connectivity index (χ1v) is 6.16. The van der Waals surface area contributed by atoms with Crippen LogP contribution >= 0.6 is 11.6 Å². The number of halogens is 4. The van der Waals surface area contributed by atoms with Crippen LogP contribution in [0.4, 0.5) is 18.9 Å². The number of carbonyl (C=O) groups is 1. The second-order valence-electron chi connectivity index (χ2n) is 4.04. The maximum atomic E-state index is 13.3. The van der Waals surface area contributed by atoms with E-state index in [-0.39, 0.29) is 16.5 Å². The van der Waals surface area contributed by atoms with Crippen molar-refractivity contribution in [1.82, 2.24) is 0 Å². The molecular weight excluding hydrogens is 307 g/mol. The van der Waals surface area contributed by atoms with E-state index in [1.807, 2.05) is 0 Å². The molecule has 21 heavy (non-hydrogen) atoms. The third-order valence-corrected chi connectivity index (χ3v) is 2.75. The first kappa shape index (κ1) is 15.2. The van der Waals surface area contributed by atoms with E-state index in [2.05, 4.69) is 5.32 Å². The van der Waals surface area contributed by atoms with Gasteiger partial charge in [0.05, 0.1) is 5.02 Å². The third kappa shape index (κ3) is 4.13. The Labute approximate surface area is 123 Å². The van der Waals surface area contributed by atoms with Gasteiger partial charge in [-0.3, -0.25) is 4.79 Å². The van der Waals surface area contributed by atoms with Crippen molar-refractivity contribution in [2.24, 2.45) is 0 Å². The van der Waals surface area contributed by atoms with Crippen LogP contribution in [0.5, 0.6) is 5.75 Å². The summed E-state index contributed by atoms with van der Waals surface area (Å²) in [6, 6.07) is 6.37. The van der Waals surface area contributed by atoms with Crippen molar-refractivity contribution in [2.45, 2.75) is 0 Å². The molecule has 1 amide bonds. The number of ether oxygens (including phenoxy) is 1. The molecule has 0 aromatic heterocycles. The molecule has 7 heteroatoms. The van der Waals surface area contributed by atoms with Crippen molar-refractivity contribution in [3.63, 3.8) is 0 Å². The minimum Gasteiger partial charge on any atom is -0.481 e. The van der Waals surface area contributed by atoms with E-state index in [0.717, 1.165) is 18.2 Å². The Kier molecular flexibility index (Phi) is 4.70. The molecule has 0 unspecified atom stereocenters. The molecule has 2 aromatic rings. The van der Waals surface area contributed by atoms with Gasteiger partial charge in [0.15, 0.2) is 18.2 Å². The van der Waals surface area contributed by atoms with Gasteiger partial charge in [-0.1, -0.05) is 11.6 Å². The van der Waals surface area contributed by atoms with Gasteiger partial charge >= 0.3 is 0 Å². The lowest BCUT2D eigenvalue weighted by molar-refractivity contribution is -0.118. The number of benzene rings is 2. The SMILES string of the molecule is O=C(COc1ccc(F)cc1F)Nc1ccc(F)c(Cl)c1. The number of rotatable bonds is 4. The highest BCUT2D eigenvalue weighted by atomic mass is 35.5. The monoisotopic (exact) mass is 315 g/mol. The fraction of sp³-hybridized carbons (Fsp3) is 0.0714. The highest BCUT2D eigenvalue weighted by Gasteiger charge is 2.09. The number of hydrogen-bond acceptors (Lipinski definition) is 2. The van der Waals surface area contributed by atoms with Gasteiger partial charge in [-0.05, 0) is 30.3 Å². The molecule has 2 aromatic carbocycles. The van der Waals surface area contributed by atoms with Gasteiger partial charge in [0.25, 0.3) is 5.91 Å². The highest BCUT2D eigenvalue weighted by molar-refractivity contribution is 6.31. The summed E-state index contributed by atoms with van der Waals surface area (Å²) in [6.45, 7) is -0.489. The summed E-state index contributed by atoms with van der Waals surface area (Å²) in [5.74, 6) is -3.11. The van der Waals surface area contributed by atoms with Crippen molar-refractivity contribution < 1.29 is 22.7 Å². The van der Waals surface area contributed by atoms with Crippen LogP contribution in [0.25, 0.3) is 0 Å². The lowest BCUT2D eigenvalue weighted by Crippen LogP contribution is -2.20. The molecule has 0 saturated heterocycles. The van der Waals surface area contributed by atoms with E-state index in [0.29, 0.717) is 6.07 Å². The molecular formula is C14H9ClF3NO2. The van der Waals surface area contributed by atoms with E-state index >= 15 is 0 Å². The van der Waals surface area contributed by atoms with Crippen LogP contribution in [0.3, 0.4) is 0 Å². The zero-order valence-corrected chi connectivity index (χ0v) is 11.3. The standard InChI is InChI=1S/C14H9ClF3NO2/c15-10-6-9(2-3-11(10)17)19-14(20)7-21-13-4-1-8(16)5-12(13)18/h1-6H,7H2,(H,19,20). The van der Waals surface area contributed by atoms with E-state index in [1.165, 1.54) is 12.1 Å². The maximum absolute atomic E-state index is 13.3. The van der Waals surface area contributed by atoms with Gasteiger partial charge in [0.2, 0.25) is 0 Å². The topological polar surface area (TPSA) is 38.3 Å². The van der Waals surface area contributed by atoms with Crippen LogP contribution < -0.4 is 10.1 Å². The first-order chi connectivity index (χ1) is 9.95. The maximum Gasteiger partial charge on any atom is 0.262 e. The molecule has 3 nitrogen and oxygen atoms in total. The number of amides is 1. The van der Waals surface area contributed by atoms with Crippen LogP contribution in [0.1, 0.15) is 0 Å².